The van der Waals surface area contributed by atoms with E-state index >= 15 is 0 Å². The molecule has 0 spiro atoms. The molecule has 76 valence electrons. The van der Waals surface area contributed by atoms with Crippen LogP contribution in [0.25, 0.3) is 0 Å². The van der Waals surface area contributed by atoms with Gasteiger partial charge in [-0.05, 0) is 24.3 Å². The Bertz CT molecular complexity index is 304. The fourth-order valence-electron chi connectivity index (χ4n) is 1.49. The predicted molar refractivity (Wildman–Crippen MR) is 55.7 cm³/mol. The highest BCUT2D eigenvalue weighted by Crippen LogP contribution is 2.24. The summed E-state index contributed by atoms with van der Waals surface area (Å²) in [7, 11) is 0. The molecule has 1 nitrogen and oxygen atoms in total. The minimum atomic E-state index is -0.512. The monoisotopic (exact) mass is 215 g/mol. The van der Waals surface area contributed by atoms with Gasteiger partial charge in [0.25, 0.3) is 0 Å². The summed E-state index contributed by atoms with van der Waals surface area (Å²) in [4.78, 5) is 0. The van der Waals surface area contributed by atoms with Crippen LogP contribution in [0.3, 0.4) is 0 Å². The van der Waals surface area contributed by atoms with Crippen LogP contribution in [0.5, 0.6) is 0 Å². The van der Waals surface area contributed by atoms with Gasteiger partial charge in [0.15, 0.2) is 0 Å². The van der Waals surface area contributed by atoms with Crippen molar-refractivity contribution in [2.45, 2.75) is 12.5 Å². The molecule has 0 aromatic heterocycles. The van der Waals surface area contributed by atoms with Crippen molar-refractivity contribution < 1.29 is 8.78 Å². The van der Waals surface area contributed by atoms with E-state index in [1.807, 2.05) is 0 Å². The molecule has 0 radical (unpaired) electrons. The Kier molecular flexibility index (Phi) is 2.91. The number of anilines is 1. The first-order valence-corrected chi connectivity index (χ1v) is 5.71. The Hall–Kier alpha value is -0.770. The van der Waals surface area contributed by atoms with Gasteiger partial charge in [-0.25, -0.2) is 8.78 Å². The number of rotatable bonds is 2. The molecule has 1 aliphatic rings. The lowest BCUT2D eigenvalue weighted by molar-refractivity contribution is 0.583. The molecule has 1 saturated heterocycles. The van der Waals surface area contributed by atoms with E-state index in [2.05, 4.69) is 5.32 Å². The maximum Gasteiger partial charge on any atom is 0.149 e. The second kappa shape index (κ2) is 4.17. The van der Waals surface area contributed by atoms with Crippen molar-refractivity contribution in [1.82, 2.24) is 0 Å². The lowest BCUT2D eigenvalue weighted by Gasteiger charge is -2.13. The summed E-state index contributed by atoms with van der Waals surface area (Å²) in [5.41, 5.74) is 0.0139. The molecule has 0 aliphatic carbocycles. The SMILES string of the molecule is Fc1cccc(F)c1NC1CCSC1. The summed E-state index contributed by atoms with van der Waals surface area (Å²) in [5, 5.41) is 2.91. The third-order valence-electron chi connectivity index (χ3n) is 2.24. The van der Waals surface area contributed by atoms with Gasteiger partial charge in [0, 0.05) is 11.8 Å². The second-order valence-electron chi connectivity index (χ2n) is 3.30. The first-order valence-electron chi connectivity index (χ1n) is 4.55. The van der Waals surface area contributed by atoms with Crippen molar-refractivity contribution in [2.24, 2.45) is 0 Å². The van der Waals surface area contributed by atoms with Crippen LogP contribution in [0, 0.1) is 11.6 Å². The van der Waals surface area contributed by atoms with E-state index in [9.17, 15) is 8.78 Å². The molecule has 2 rings (SSSR count). The number of thioether (sulfide) groups is 1. The number of benzene rings is 1. The topological polar surface area (TPSA) is 12.0 Å². The van der Waals surface area contributed by atoms with Gasteiger partial charge >= 0.3 is 0 Å². The maximum atomic E-state index is 13.2. The zero-order valence-electron chi connectivity index (χ0n) is 7.59. The minimum Gasteiger partial charge on any atom is -0.377 e. The van der Waals surface area contributed by atoms with Gasteiger partial charge in [-0.2, -0.15) is 11.8 Å². The van der Waals surface area contributed by atoms with Gasteiger partial charge in [-0.1, -0.05) is 6.07 Å². The third-order valence-corrected chi connectivity index (χ3v) is 3.40. The van der Waals surface area contributed by atoms with Crippen molar-refractivity contribution in [1.29, 1.82) is 0 Å². The molecule has 0 saturated carbocycles. The van der Waals surface area contributed by atoms with Crippen LogP contribution in [-0.2, 0) is 0 Å². The van der Waals surface area contributed by atoms with Gasteiger partial charge in [-0.15, -0.1) is 0 Å². The molecule has 1 heterocycles. The summed E-state index contributed by atoms with van der Waals surface area (Å²) in [6, 6.07) is 4.12. The number of hydrogen-bond acceptors (Lipinski definition) is 2. The van der Waals surface area contributed by atoms with Gasteiger partial charge in [0.05, 0.1) is 0 Å². The Morgan fingerprint density at radius 3 is 2.57 bits per heavy atom. The second-order valence-corrected chi connectivity index (χ2v) is 4.45. The maximum absolute atomic E-state index is 13.2. The summed E-state index contributed by atoms with van der Waals surface area (Å²) in [6.45, 7) is 0. The van der Waals surface area contributed by atoms with Crippen LogP contribution in [0.15, 0.2) is 18.2 Å². The smallest absolute Gasteiger partial charge is 0.149 e. The van der Waals surface area contributed by atoms with Gasteiger partial charge in [0.1, 0.15) is 17.3 Å². The van der Waals surface area contributed by atoms with E-state index in [0.29, 0.717) is 0 Å². The van der Waals surface area contributed by atoms with Crippen molar-refractivity contribution >= 4 is 17.4 Å². The van der Waals surface area contributed by atoms with Crippen LogP contribution in [-0.4, -0.2) is 17.5 Å². The molecule has 0 amide bonds. The average Bonchev–Trinajstić information content (AvgIpc) is 2.64. The quantitative estimate of drug-likeness (QED) is 0.814. The number of nitrogens with one attached hydrogen (secondary N) is 1. The van der Waals surface area contributed by atoms with E-state index < -0.39 is 11.6 Å². The van der Waals surface area contributed by atoms with E-state index in [0.717, 1.165) is 17.9 Å². The first-order chi connectivity index (χ1) is 6.77. The van der Waals surface area contributed by atoms with Crippen molar-refractivity contribution in [3.8, 4) is 0 Å². The van der Waals surface area contributed by atoms with E-state index in [4.69, 9.17) is 0 Å². The van der Waals surface area contributed by atoms with E-state index in [-0.39, 0.29) is 11.7 Å². The highest BCUT2D eigenvalue weighted by Gasteiger charge is 2.18. The molecule has 1 fully saturated rings. The van der Waals surface area contributed by atoms with Crippen LogP contribution in [0.4, 0.5) is 14.5 Å². The summed E-state index contributed by atoms with van der Waals surface area (Å²) in [5.74, 6) is 0.963. The zero-order valence-corrected chi connectivity index (χ0v) is 8.41. The predicted octanol–water partition coefficient (Wildman–Crippen LogP) is 2.88. The van der Waals surface area contributed by atoms with Crippen molar-refractivity contribution in [2.75, 3.05) is 16.8 Å². The van der Waals surface area contributed by atoms with Crippen LogP contribution in [0.1, 0.15) is 6.42 Å². The highest BCUT2D eigenvalue weighted by molar-refractivity contribution is 7.99. The van der Waals surface area contributed by atoms with Crippen LogP contribution < -0.4 is 5.32 Å². The summed E-state index contributed by atoms with van der Waals surface area (Å²) in [6.07, 6.45) is 0.971. The molecular formula is C10H11F2NS. The highest BCUT2D eigenvalue weighted by atomic mass is 32.2. The van der Waals surface area contributed by atoms with Gasteiger partial charge in [-0.3, -0.25) is 0 Å². The van der Waals surface area contributed by atoms with Crippen LogP contribution in [0.2, 0.25) is 0 Å². The minimum absolute atomic E-state index is 0.0139. The number of halogens is 2. The summed E-state index contributed by atoms with van der Waals surface area (Å²) >= 11 is 1.81. The molecule has 1 aliphatic heterocycles. The molecule has 1 atom stereocenters. The lowest BCUT2D eigenvalue weighted by atomic mass is 10.2. The Labute approximate surface area is 85.9 Å². The van der Waals surface area contributed by atoms with Crippen molar-refractivity contribution in [3.05, 3.63) is 29.8 Å². The largest absolute Gasteiger partial charge is 0.377 e. The summed E-state index contributed by atoms with van der Waals surface area (Å²) < 4.78 is 26.4. The van der Waals surface area contributed by atoms with Gasteiger partial charge < -0.3 is 5.32 Å². The normalized spacial score (nSPS) is 21.1. The Morgan fingerprint density at radius 1 is 1.29 bits per heavy atom. The fourth-order valence-corrected chi connectivity index (χ4v) is 2.64. The Morgan fingerprint density at radius 2 is 2.00 bits per heavy atom. The number of para-hydroxylation sites is 1. The van der Waals surface area contributed by atoms with Crippen LogP contribution >= 0.6 is 11.8 Å². The molecule has 14 heavy (non-hydrogen) atoms. The third kappa shape index (κ3) is 2.00. The van der Waals surface area contributed by atoms with E-state index in [1.54, 1.807) is 11.8 Å². The molecule has 0 bridgehead atoms. The number of hydrogen-bond donors (Lipinski definition) is 1. The standard InChI is InChI=1S/C10H11F2NS/c11-8-2-1-3-9(12)10(8)13-7-4-5-14-6-7/h1-3,7,13H,4-6H2. The van der Waals surface area contributed by atoms with Gasteiger partial charge in [0.2, 0.25) is 0 Å². The van der Waals surface area contributed by atoms with Crippen molar-refractivity contribution in [3.63, 3.8) is 0 Å². The molecule has 1 N–H and O–H groups in total. The molecule has 4 heteroatoms. The molecular weight excluding hydrogens is 204 g/mol. The fraction of sp³-hybridized carbons (Fsp3) is 0.400. The average molecular weight is 215 g/mol. The zero-order chi connectivity index (χ0) is 9.97. The Balaban J connectivity index is 2.14. The lowest BCUT2D eigenvalue weighted by Crippen LogP contribution is -2.19. The molecule has 1 aromatic carbocycles. The van der Waals surface area contributed by atoms with E-state index in [1.165, 1.54) is 18.2 Å². The molecule has 1 unspecified atom stereocenters. The first kappa shape index (κ1) is 9.77. The molecule has 1 aromatic rings.